The normalized spacial score (nSPS) is 23.6. The molecule has 6 heteroatoms. The van der Waals surface area contributed by atoms with Crippen LogP contribution in [0.15, 0.2) is 18.2 Å². The maximum Gasteiger partial charge on any atom is 0.288 e. The maximum absolute atomic E-state index is 10.6. The van der Waals surface area contributed by atoms with Gasteiger partial charge in [0.2, 0.25) is 0 Å². The topological polar surface area (TPSA) is 81.2 Å². The third-order valence-electron chi connectivity index (χ3n) is 2.99. The number of nitro benzene ring substituents is 1. The molecule has 1 aromatic carbocycles. The Balaban J connectivity index is 2.07. The zero-order valence-corrected chi connectivity index (χ0v) is 9.98. The van der Waals surface area contributed by atoms with Gasteiger partial charge in [-0.1, -0.05) is 11.6 Å². The van der Waals surface area contributed by atoms with E-state index in [2.05, 4.69) is 5.32 Å². The number of hydrogen-bond donors (Lipinski definition) is 2. The van der Waals surface area contributed by atoms with E-state index < -0.39 is 4.92 Å². The van der Waals surface area contributed by atoms with Crippen LogP contribution in [0.2, 0.25) is 5.02 Å². The molecule has 17 heavy (non-hydrogen) atoms. The molecule has 0 radical (unpaired) electrons. The van der Waals surface area contributed by atoms with E-state index in [-0.39, 0.29) is 16.8 Å². The van der Waals surface area contributed by atoms with E-state index in [0.717, 1.165) is 24.9 Å². The molecule has 1 fully saturated rings. The number of nitrogens with two attached hydrogens (primary N) is 1. The first-order valence-corrected chi connectivity index (χ1v) is 5.90. The highest BCUT2D eigenvalue weighted by Crippen LogP contribution is 2.29. The molecule has 1 aromatic rings. The number of rotatable bonds is 3. The van der Waals surface area contributed by atoms with Crippen LogP contribution in [0, 0.1) is 10.1 Å². The fraction of sp³-hybridized carbons (Fsp3) is 0.455. The number of nitro groups is 1. The summed E-state index contributed by atoms with van der Waals surface area (Å²) in [6.07, 6.45) is 2.96. The molecule has 1 aliphatic carbocycles. The van der Waals surface area contributed by atoms with Crippen LogP contribution in [-0.2, 0) is 0 Å². The lowest BCUT2D eigenvalue weighted by atomic mass is 10.2. The molecular weight excluding hydrogens is 242 g/mol. The summed E-state index contributed by atoms with van der Waals surface area (Å²) in [5, 5.41) is 14.1. The lowest BCUT2D eigenvalue weighted by Crippen LogP contribution is -2.20. The first-order valence-electron chi connectivity index (χ1n) is 5.52. The molecule has 0 aliphatic heterocycles. The van der Waals surface area contributed by atoms with Crippen LogP contribution in [0.5, 0.6) is 0 Å². The van der Waals surface area contributed by atoms with Crippen LogP contribution < -0.4 is 11.1 Å². The van der Waals surface area contributed by atoms with Crippen molar-refractivity contribution in [3.8, 4) is 0 Å². The predicted octanol–water partition coefficient (Wildman–Crippen LogP) is 2.54. The first-order chi connectivity index (χ1) is 8.06. The average Bonchev–Trinajstić information content (AvgIpc) is 2.63. The summed E-state index contributed by atoms with van der Waals surface area (Å²) in [5.74, 6) is 0. The third-order valence-corrected chi connectivity index (χ3v) is 3.29. The van der Waals surface area contributed by atoms with Gasteiger partial charge in [-0.3, -0.25) is 10.1 Å². The molecule has 0 amide bonds. The Morgan fingerprint density at radius 1 is 1.47 bits per heavy atom. The van der Waals surface area contributed by atoms with Crippen molar-refractivity contribution in [3.63, 3.8) is 0 Å². The Labute approximate surface area is 104 Å². The summed E-state index contributed by atoms with van der Waals surface area (Å²) in [6, 6.07) is 5.26. The first kappa shape index (κ1) is 12.1. The van der Waals surface area contributed by atoms with E-state index in [4.69, 9.17) is 17.3 Å². The highest BCUT2D eigenvalue weighted by Gasteiger charge is 2.22. The van der Waals surface area contributed by atoms with Crippen molar-refractivity contribution >= 4 is 23.0 Å². The minimum Gasteiger partial charge on any atom is -0.382 e. The van der Waals surface area contributed by atoms with E-state index >= 15 is 0 Å². The van der Waals surface area contributed by atoms with Gasteiger partial charge in [-0.15, -0.1) is 0 Å². The Morgan fingerprint density at radius 3 is 2.76 bits per heavy atom. The van der Waals surface area contributed by atoms with Crippen molar-refractivity contribution < 1.29 is 4.92 Å². The van der Waals surface area contributed by atoms with Crippen molar-refractivity contribution in [1.82, 2.24) is 0 Å². The number of halogens is 1. The van der Waals surface area contributed by atoms with Gasteiger partial charge in [0, 0.05) is 23.8 Å². The van der Waals surface area contributed by atoms with E-state index in [9.17, 15) is 10.1 Å². The van der Waals surface area contributed by atoms with Gasteiger partial charge in [-0.2, -0.15) is 0 Å². The molecule has 0 aromatic heterocycles. The van der Waals surface area contributed by atoms with Gasteiger partial charge in [-0.25, -0.2) is 0 Å². The Kier molecular flexibility index (Phi) is 3.49. The van der Waals surface area contributed by atoms with Crippen LogP contribution in [0.4, 0.5) is 11.4 Å². The lowest BCUT2D eigenvalue weighted by molar-refractivity contribution is -0.384. The number of anilines is 1. The molecule has 2 unspecified atom stereocenters. The van der Waals surface area contributed by atoms with Crippen molar-refractivity contribution in [1.29, 1.82) is 0 Å². The minimum atomic E-state index is -0.488. The van der Waals surface area contributed by atoms with E-state index in [1.165, 1.54) is 6.07 Å². The second kappa shape index (κ2) is 4.89. The van der Waals surface area contributed by atoms with Crippen LogP contribution in [0.25, 0.3) is 0 Å². The standard InChI is InChI=1S/C11H14ClN3O2/c12-10-6-9(3-4-11(10)15(16)17)14-8-2-1-7(13)5-8/h3-4,6-8,14H,1-2,5,13H2. The summed E-state index contributed by atoms with van der Waals surface area (Å²) in [4.78, 5) is 10.1. The monoisotopic (exact) mass is 255 g/mol. The fourth-order valence-electron chi connectivity index (χ4n) is 2.13. The zero-order valence-electron chi connectivity index (χ0n) is 9.23. The molecule has 92 valence electrons. The molecular formula is C11H14ClN3O2. The lowest BCUT2D eigenvalue weighted by Gasteiger charge is -2.13. The molecule has 0 bridgehead atoms. The zero-order chi connectivity index (χ0) is 12.4. The third kappa shape index (κ3) is 2.87. The van der Waals surface area contributed by atoms with Crippen LogP contribution in [0.1, 0.15) is 19.3 Å². The molecule has 2 rings (SSSR count). The van der Waals surface area contributed by atoms with Gasteiger partial charge in [0.15, 0.2) is 0 Å². The molecule has 1 aliphatic rings. The highest BCUT2D eigenvalue weighted by molar-refractivity contribution is 6.32. The Morgan fingerprint density at radius 2 is 2.24 bits per heavy atom. The second-order valence-electron chi connectivity index (χ2n) is 4.34. The van der Waals surface area contributed by atoms with Crippen molar-refractivity contribution in [3.05, 3.63) is 33.3 Å². The van der Waals surface area contributed by atoms with Gasteiger partial charge >= 0.3 is 0 Å². The largest absolute Gasteiger partial charge is 0.382 e. The average molecular weight is 256 g/mol. The van der Waals surface area contributed by atoms with Crippen LogP contribution >= 0.6 is 11.6 Å². The number of benzene rings is 1. The molecule has 0 spiro atoms. The molecule has 3 N–H and O–H groups in total. The summed E-state index contributed by atoms with van der Waals surface area (Å²) < 4.78 is 0. The number of hydrogen-bond acceptors (Lipinski definition) is 4. The second-order valence-corrected chi connectivity index (χ2v) is 4.74. The van der Waals surface area contributed by atoms with Gasteiger partial charge in [0.05, 0.1) is 4.92 Å². The molecule has 5 nitrogen and oxygen atoms in total. The van der Waals surface area contributed by atoms with E-state index in [1.54, 1.807) is 12.1 Å². The smallest absolute Gasteiger partial charge is 0.288 e. The predicted molar refractivity (Wildman–Crippen MR) is 67.3 cm³/mol. The molecule has 1 saturated carbocycles. The highest BCUT2D eigenvalue weighted by atomic mass is 35.5. The van der Waals surface area contributed by atoms with E-state index in [0.29, 0.717) is 6.04 Å². The van der Waals surface area contributed by atoms with Crippen molar-refractivity contribution in [2.24, 2.45) is 5.73 Å². The van der Waals surface area contributed by atoms with Gasteiger partial charge in [0.1, 0.15) is 5.02 Å². The SMILES string of the molecule is NC1CCC(Nc2ccc([N+](=O)[O-])c(Cl)c2)C1. The Hall–Kier alpha value is -1.33. The van der Waals surface area contributed by atoms with Crippen molar-refractivity contribution in [2.45, 2.75) is 31.3 Å². The molecule has 0 saturated heterocycles. The van der Waals surface area contributed by atoms with Crippen LogP contribution in [-0.4, -0.2) is 17.0 Å². The molecule has 0 heterocycles. The number of nitrogens with zero attached hydrogens (tertiary/aromatic N) is 1. The van der Waals surface area contributed by atoms with Gasteiger partial charge in [-0.05, 0) is 31.4 Å². The quantitative estimate of drug-likeness (QED) is 0.642. The van der Waals surface area contributed by atoms with Gasteiger partial charge < -0.3 is 11.1 Å². The summed E-state index contributed by atoms with van der Waals surface area (Å²) in [7, 11) is 0. The van der Waals surface area contributed by atoms with Crippen molar-refractivity contribution in [2.75, 3.05) is 5.32 Å². The Bertz CT molecular complexity index is 439. The van der Waals surface area contributed by atoms with Gasteiger partial charge in [0.25, 0.3) is 5.69 Å². The van der Waals surface area contributed by atoms with Crippen LogP contribution in [0.3, 0.4) is 0 Å². The summed E-state index contributed by atoms with van der Waals surface area (Å²) in [5.41, 5.74) is 6.55. The summed E-state index contributed by atoms with van der Waals surface area (Å²) in [6.45, 7) is 0. The maximum atomic E-state index is 10.6. The fourth-order valence-corrected chi connectivity index (χ4v) is 2.38. The molecule has 2 atom stereocenters. The summed E-state index contributed by atoms with van der Waals surface area (Å²) >= 11 is 5.83. The van der Waals surface area contributed by atoms with E-state index in [1.807, 2.05) is 0 Å². The minimum absolute atomic E-state index is 0.0691. The number of nitrogens with one attached hydrogen (secondary N) is 1.